The van der Waals surface area contributed by atoms with Crippen molar-refractivity contribution >= 4 is 66.3 Å². The van der Waals surface area contributed by atoms with E-state index in [1.54, 1.807) is 22.7 Å². The summed E-state index contributed by atoms with van der Waals surface area (Å²) in [5.41, 5.74) is 15.7. The first-order chi connectivity index (χ1) is 28.0. The maximum Gasteiger partial charge on any atom is 0.147 e. The number of H-pyrrole nitrogens is 1. The van der Waals surface area contributed by atoms with Crippen molar-refractivity contribution in [3.05, 3.63) is 127 Å². The minimum Gasteiger partial charge on any atom is -0.483 e. The van der Waals surface area contributed by atoms with Crippen LogP contribution < -0.4 is 20.1 Å². The number of hydrogen-bond donors (Lipinski definition) is 3. The van der Waals surface area contributed by atoms with Crippen LogP contribution in [0.5, 0.6) is 11.5 Å². The lowest BCUT2D eigenvalue weighted by Gasteiger charge is -2.17. The Morgan fingerprint density at radius 3 is 1.98 bits per heavy atom. The van der Waals surface area contributed by atoms with Crippen LogP contribution >= 0.6 is 45.9 Å². The molecule has 10 heterocycles. The predicted molar refractivity (Wildman–Crippen MR) is 227 cm³/mol. The number of thiophene rings is 2. The zero-order valence-corrected chi connectivity index (χ0v) is 34.0. The van der Waals surface area contributed by atoms with Crippen molar-refractivity contribution in [2.45, 2.75) is 51.0 Å². The van der Waals surface area contributed by atoms with Crippen molar-refractivity contribution in [2.24, 2.45) is 7.05 Å². The summed E-state index contributed by atoms with van der Waals surface area (Å²) < 4.78 is 17.4. The fourth-order valence-corrected chi connectivity index (χ4v) is 11.1. The molecule has 0 aliphatic carbocycles. The van der Waals surface area contributed by atoms with E-state index in [1.807, 2.05) is 66.6 Å². The summed E-state index contributed by atoms with van der Waals surface area (Å²) in [4.78, 5) is 8.94. The second-order valence-corrected chi connectivity index (χ2v) is 17.6. The van der Waals surface area contributed by atoms with Gasteiger partial charge >= 0.3 is 0 Å². The van der Waals surface area contributed by atoms with Gasteiger partial charge in [0.2, 0.25) is 0 Å². The number of rotatable bonds is 4. The molecule has 0 bridgehead atoms. The average Bonchev–Trinajstić information content (AvgIpc) is 4.08. The number of aromatic nitrogens is 6. The van der Waals surface area contributed by atoms with Gasteiger partial charge in [-0.15, -0.1) is 22.7 Å². The van der Waals surface area contributed by atoms with E-state index in [4.69, 9.17) is 37.8 Å². The first kappa shape index (κ1) is 35.4. The Hall–Kier alpha value is -4.82. The fourth-order valence-electron chi connectivity index (χ4n) is 8.89. The molecule has 57 heavy (non-hydrogen) atoms. The lowest BCUT2D eigenvalue weighted by molar-refractivity contribution is 0.226. The minimum absolute atomic E-state index is 0.0518. The Kier molecular flexibility index (Phi) is 8.82. The number of pyridine rings is 2. The van der Waals surface area contributed by atoms with Crippen molar-refractivity contribution in [1.82, 2.24) is 40.6 Å². The summed E-state index contributed by atoms with van der Waals surface area (Å²) in [6.45, 7) is 3.65. The van der Waals surface area contributed by atoms with Crippen LogP contribution in [-0.4, -0.2) is 43.0 Å². The van der Waals surface area contributed by atoms with Crippen molar-refractivity contribution in [2.75, 3.05) is 13.1 Å². The van der Waals surface area contributed by atoms with Gasteiger partial charge in [-0.25, -0.2) is 0 Å². The minimum atomic E-state index is -0.0900. The van der Waals surface area contributed by atoms with Crippen LogP contribution in [0.4, 0.5) is 0 Å². The highest BCUT2D eigenvalue weighted by Crippen LogP contribution is 2.49. The fraction of sp³-hybridized carbons (Fsp3) is 0.256. The zero-order chi connectivity index (χ0) is 38.2. The molecule has 3 N–H and O–H groups in total. The largest absolute Gasteiger partial charge is 0.483 e. The summed E-state index contributed by atoms with van der Waals surface area (Å²) in [6.07, 6.45) is 7.08. The number of fused-ring (bicyclic) bond motifs is 6. The molecule has 0 saturated heterocycles. The van der Waals surface area contributed by atoms with Crippen LogP contribution in [0, 0.1) is 0 Å². The molecule has 0 fully saturated rings. The molecule has 6 aromatic heterocycles. The van der Waals surface area contributed by atoms with Crippen LogP contribution in [0.25, 0.3) is 42.7 Å². The van der Waals surface area contributed by atoms with E-state index in [9.17, 15) is 0 Å². The third kappa shape index (κ3) is 6.12. The van der Waals surface area contributed by atoms with Gasteiger partial charge in [-0.2, -0.15) is 10.2 Å². The summed E-state index contributed by atoms with van der Waals surface area (Å²) in [5, 5.41) is 25.1. The molecule has 0 saturated carbocycles. The van der Waals surface area contributed by atoms with Gasteiger partial charge in [-0.3, -0.25) is 19.7 Å². The molecule has 0 amide bonds. The van der Waals surface area contributed by atoms with Gasteiger partial charge in [0.05, 0.1) is 31.8 Å². The Morgan fingerprint density at radius 1 is 0.719 bits per heavy atom. The Morgan fingerprint density at radius 2 is 1.32 bits per heavy atom. The monoisotopic (exact) mass is 830 g/mol. The predicted octanol–water partition coefficient (Wildman–Crippen LogP) is 9.33. The molecule has 14 heteroatoms. The molecule has 2 aromatic carbocycles. The molecular formula is C43H36Cl2N8O2S2. The second-order valence-electron chi connectivity index (χ2n) is 14.8. The quantitative estimate of drug-likeness (QED) is 0.161. The number of ether oxygens (including phenoxy) is 2. The highest BCUT2D eigenvalue weighted by Gasteiger charge is 2.35. The summed E-state index contributed by atoms with van der Waals surface area (Å²) in [7, 11) is 2.02. The zero-order valence-electron chi connectivity index (χ0n) is 30.9. The molecule has 8 aromatic rings. The Labute approximate surface area is 346 Å². The number of nitrogens with zero attached hydrogens (tertiary/aromatic N) is 5. The molecule has 4 aliphatic rings. The molecule has 0 radical (unpaired) electrons. The lowest BCUT2D eigenvalue weighted by Crippen LogP contribution is -2.24. The number of hydrogen-bond acceptors (Lipinski definition) is 10. The van der Waals surface area contributed by atoms with Crippen LogP contribution in [0.3, 0.4) is 0 Å². The summed E-state index contributed by atoms with van der Waals surface area (Å²) in [5.74, 6) is 1.84. The third-order valence-electron chi connectivity index (χ3n) is 11.4. The topological polar surface area (TPSA) is 115 Å². The summed E-state index contributed by atoms with van der Waals surface area (Å²) in [6, 6.07) is 16.3. The highest BCUT2D eigenvalue weighted by molar-refractivity contribution is 7.18. The van der Waals surface area contributed by atoms with Gasteiger partial charge in [0.25, 0.3) is 0 Å². The van der Waals surface area contributed by atoms with Gasteiger partial charge in [0, 0.05) is 132 Å². The second kappa shape index (κ2) is 14.2. The highest BCUT2D eigenvalue weighted by atomic mass is 35.5. The third-order valence-corrected chi connectivity index (χ3v) is 13.7. The molecule has 2 unspecified atom stereocenters. The summed E-state index contributed by atoms with van der Waals surface area (Å²) >= 11 is 16.4. The maximum atomic E-state index is 6.60. The lowest BCUT2D eigenvalue weighted by atomic mass is 9.98. The number of aryl methyl sites for hydroxylation is 1. The Bertz CT molecular complexity index is 2860. The normalized spacial score (nSPS) is 18.0. The van der Waals surface area contributed by atoms with Gasteiger partial charge in [0.1, 0.15) is 29.4 Å². The van der Waals surface area contributed by atoms with Crippen molar-refractivity contribution in [1.29, 1.82) is 0 Å². The SMILES string of the molecule is Clc1cc2c(c(-c3ccnc4ccsc34)c1)OC(c1n[nH]c3c1CNCC3)C2.Cn1nc2c(c1C1Cc3cc(Cl)cc(-c4ccnc5ccsc45)c3O1)CNCC2. The van der Waals surface area contributed by atoms with Crippen molar-refractivity contribution < 1.29 is 9.47 Å². The molecule has 2 atom stereocenters. The van der Waals surface area contributed by atoms with E-state index in [0.717, 1.165) is 133 Å². The van der Waals surface area contributed by atoms with E-state index >= 15 is 0 Å². The van der Waals surface area contributed by atoms with Gasteiger partial charge in [-0.05, 0) is 59.3 Å². The first-order valence-corrected chi connectivity index (χ1v) is 21.6. The molecule has 12 rings (SSSR count). The van der Waals surface area contributed by atoms with Crippen molar-refractivity contribution in [3.63, 3.8) is 0 Å². The Balaban J connectivity index is 0.000000131. The van der Waals surface area contributed by atoms with E-state index in [2.05, 4.69) is 47.6 Å². The molecule has 286 valence electrons. The van der Waals surface area contributed by atoms with Crippen LogP contribution in [-0.2, 0) is 45.8 Å². The van der Waals surface area contributed by atoms with Crippen molar-refractivity contribution in [3.8, 4) is 33.8 Å². The number of nitrogens with one attached hydrogen (secondary N) is 3. The van der Waals surface area contributed by atoms with E-state index in [0.29, 0.717) is 0 Å². The average molecular weight is 832 g/mol. The number of benzene rings is 2. The number of aromatic amines is 1. The molecule has 10 nitrogen and oxygen atoms in total. The molecule has 0 spiro atoms. The molecular weight excluding hydrogens is 796 g/mol. The van der Waals surface area contributed by atoms with E-state index < -0.39 is 0 Å². The number of halogens is 2. The van der Waals surface area contributed by atoms with Gasteiger partial charge in [0.15, 0.2) is 0 Å². The van der Waals surface area contributed by atoms with Crippen LogP contribution in [0.15, 0.2) is 71.7 Å². The van der Waals surface area contributed by atoms with Gasteiger partial charge in [-0.1, -0.05) is 23.2 Å². The van der Waals surface area contributed by atoms with Crippen LogP contribution in [0.1, 0.15) is 57.2 Å². The van der Waals surface area contributed by atoms with E-state index in [-0.39, 0.29) is 12.2 Å². The van der Waals surface area contributed by atoms with Gasteiger partial charge < -0.3 is 20.1 Å². The van der Waals surface area contributed by atoms with Crippen LogP contribution in [0.2, 0.25) is 10.0 Å². The smallest absolute Gasteiger partial charge is 0.147 e. The first-order valence-electron chi connectivity index (χ1n) is 19.1. The standard InChI is InChI=1S/C22H19ClN4OS.C21H17ClN4OS/c1-27-20(16-11-24-5-3-17(16)26-27)19-9-12-8-13(23)10-15(21(12)28-19)14-2-6-25-18-4-7-29-22(14)18;22-12-7-11-8-18(19-15-10-23-4-2-16(15)25-26-19)27-20(11)14(9-12)13-1-5-24-17-3-6-28-21(13)17/h2,4,6-8,10,19,24H,3,5,9,11H2,1H3;1,3,5-7,9,18,23H,2,4,8,10H2,(H,25,26). The van der Waals surface area contributed by atoms with E-state index in [1.165, 1.54) is 28.2 Å². The molecule has 4 aliphatic heterocycles. The maximum absolute atomic E-state index is 6.60.